The summed E-state index contributed by atoms with van der Waals surface area (Å²) in [6.07, 6.45) is 1.10. The third-order valence-corrected chi connectivity index (χ3v) is 5.07. The first-order valence-electron chi connectivity index (χ1n) is 8.58. The highest BCUT2D eigenvalue weighted by molar-refractivity contribution is 6.31. The molecule has 25 heavy (non-hydrogen) atoms. The highest BCUT2D eigenvalue weighted by atomic mass is 35.5. The number of carbonyl (C=O) groups excluding carboxylic acids is 1. The van der Waals surface area contributed by atoms with Crippen LogP contribution in [0.25, 0.3) is 0 Å². The monoisotopic (exact) mass is 358 g/mol. The summed E-state index contributed by atoms with van der Waals surface area (Å²) < 4.78 is 0. The van der Waals surface area contributed by atoms with Crippen molar-refractivity contribution in [2.24, 2.45) is 0 Å². The molecule has 2 N–H and O–H groups in total. The third kappa shape index (κ3) is 4.40. The largest absolute Gasteiger partial charge is 0.393 e. The molecule has 1 fully saturated rings. The number of amides is 1. The number of hydrogen-bond donors (Lipinski definition) is 2. The van der Waals surface area contributed by atoms with E-state index in [1.807, 2.05) is 49.4 Å². The minimum atomic E-state index is -0.381. The van der Waals surface area contributed by atoms with Gasteiger partial charge in [-0.1, -0.05) is 48.0 Å². The Hall–Kier alpha value is -1.88. The number of nitrogens with zero attached hydrogens (tertiary/aromatic N) is 1. The van der Waals surface area contributed by atoms with Gasteiger partial charge in [-0.05, 0) is 43.0 Å². The van der Waals surface area contributed by atoms with Crippen LogP contribution >= 0.6 is 11.6 Å². The van der Waals surface area contributed by atoms with Crippen molar-refractivity contribution in [3.63, 3.8) is 0 Å². The van der Waals surface area contributed by atoms with Crippen molar-refractivity contribution in [1.82, 2.24) is 4.90 Å². The molecule has 1 saturated heterocycles. The average Bonchev–Trinajstić information content (AvgIpc) is 2.61. The third-order valence-electron chi connectivity index (χ3n) is 4.67. The fourth-order valence-electron chi connectivity index (χ4n) is 3.19. The van der Waals surface area contributed by atoms with Gasteiger partial charge in [0.05, 0.1) is 6.10 Å². The quantitative estimate of drug-likeness (QED) is 0.874. The zero-order valence-corrected chi connectivity index (χ0v) is 15.0. The van der Waals surface area contributed by atoms with E-state index in [9.17, 15) is 9.90 Å². The van der Waals surface area contributed by atoms with Crippen LogP contribution in [-0.2, 0) is 4.79 Å². The molecule has 1 aliphatic rings. The van der Waals surface area contributed by atoms with E-state index in [2.05, 4.69) is 10.2 Å². The number of nitrogens with one attached hydrogen (secondary N) is 1. The first kappa shape index (κ1) is 17.9. The van der Waals surface area contributed by atoms with Crippen LogP contribution in [0.15, 0.2) is 48.5 Å². The Balaban J connectivity index is 1.83. The summed E-state index contributed by atoms with van der Waals surface area (Å²) in [5, 5.41) is 13.4. The van der Waals surface area contributed by atoms with Crippen molar-refractivity contribution in [3.8, 4) is 0 Å². The minimum Gasteiger partial charge on any atom is -0.393 e. The lowest BCUT2D eigenvalue weighted by molar-refractivity contribution is -0.122. The van der Waals surface area contributed by atoms with Crippen LogP contribution in [0.4, 0.5) is 5.69 Å². The Morgan fingerprint density at radius 2 is 1.88 bits per heavy atom. The second-order valence-electron chi connectivity index (χ2n) is 6.53. The molecule has 3 rings (SSSR count). The molecule has 1 aliphatic heterocycles. The summed E-state index contributed by atoms with van der Waals surface area (Å²) in [5.74, 6) is -0.0810. The molecule has 0 saturated carbocycles. The summed E-state index contributed by atoms with van der Waals surface area (Å²) >= 11 is 6.17. The van der Waals surface area contributed by atoms with Gasteiger partial charge < -0.3 is 10.4 Å². The summed E-state index contributed by atoms with van der Waals surface area (Å²) in [6.45, 7) is 3.32. The van der Waals surface area contributed by atoms with Crippen LogP contribution in [0.5, 0.6) is 0 Å². The molecule has 1 amide bonds. The first-order valence-corrected chi connectivity index (χ1v) is 8.96. The van der Waals surface area contributed by atoms with Gasteiger partial charge in [0.2, 0.25) is 5.91 Å². The number of hydrogen-bond acceptors (Lipinski definition) is 3. The summed E-state index contributed by atoms with van der Waals surface area (Å²) in [7, 11) is 0. The fraction of sp³-hybridized carbons (Fsp3) is 0.350. The van der Waals surface area contributed by atoms with Crippen LogP contribution in [-0.4, -0.2) is 35.1 Å². The average molecular weight is 359 g/mol. The van der Waals surface area contributed by atoms with E-state index >= 15 is 0 Å². The topological polar surface area (TPSA) is 52.6 Å². The maximum Gasteiger partial charge on any atom is 0.246 e. The number of anilines is 1. The lowest BCUT2D eigenvalue weighted by Crippen LogP contribution is -2.43. The Bertz CT molecular complexity index is 728. The van der Waals surface area contributed by atoms with Crippen LogP contribution in [0, 0.1) is 6.92 Å². The SMILES string of the molecule is Cc1ccc(NC(=O)C(c2ccccc2)N2CCC(O)CC2)cc1Cl. The molecule has 5 heteroatoms. The van der Waals surface area contributed by atoms with Crippen molar-refractivity contribution in [3.05, 3.63) is 64.7 Å². The predicted octanol–water partition coefficient (Wildman–Crippen LogP) is 3.78. The zero-order chi connectivity index (χ0) is 17.8. The maximum atomic E-state index is 13.0. The zero-order valence-electron chi connectivity index (χ0n) is 14.3. The van der Waals surface area contributed by atoms with E-state index in [0.29, 0.717) is 36.6 Å². The number of piperidine rings is 1. The number of carbonyl (C=O) groups is 1. The second kappa shape index (κ2) is 8.00. The van der Waals surface area contributed by atoms with Crippen molar-refractivity contribution < 1.29 is 9.90 Å². The van der Waals surface area contributed by atoms with Crippen molar-refractivity contribution in [1.29, 1.82) is 0 Å². The van der Waals surface area contributed by atoms with E-state index in [4.69, 9.17) is 11.6 Å². The Labute approximate surface area is 153 Å². The molecule has 0 spiro atoms. The molecule has 1 atom stereocenters. The highest BCUT2D eigenvalue weighted by Crippen LogP contribution is 2.27. The second-order valence-corrected chi connectivity index (χ2v) is 6.94. The molecule has 1 heterocycles. The number of aliphatic hydroxyl groups excluding tert-OH is 1. The summed E-state index contributed by atoms with van der Waals surface area (Å²) in [5.41, 5.74) is 2.62. The smallest absolute Gasteiger partial charge is 0.246 e. The van der Waals surface area contributed by atoms with E-state index in [-0.39, 0.29) is 18.1 Å². The van der Waals surface area contributed by atoms with Gasteiger partial charge in [0.25, 0.3) is 0 Å². The molecule has 0 aliphatic carbocycles. The van der Waals surface area contributed by atoms with Gasteiger partial charge in [-0.25, -0.2) is 0 Å². The van der Waals surface area contributed by atoms with Crippen LogP contribution in [0.3, 0.4) is 0 Å². The van der Waals surface area contributed by atoms with Crippen LogP contribution in [0.1, 0.15) is 30.0 Å². The van der Waals surface area contributed by atoms with Gasteiger partial charge >= 0.3 is 0 Å². The first-order chi connectivity index (χ1) is 12.0. The Morgan fingerprint density at radius 1 is 1.20 bits per heavy atom. The van der Waals surface area contributed by atoms with Gasteiger partial charge in [0.1, 0.15) is 6.04 Å². The van der Waals surface area contributed by atoms with E-state index in [1.54, 1.807) is 6.07 Å². The highest BCUT2D eigenvalue weighted by Gasteiger charge is 2.30. The molecule has 1 unspecified atom stereocenters. The molecular formula is C20H23ClN2O2. The van der Waals surface area contributed by atoms with Gasteiger partial charge in [0, 0.05) is 23.8 Å². The fourth-order valence-corrected chi connectivity index (χ4v) is 3.37. The molecule has 0 aromatic heterocycles. The van der Waals surface area contributed by atoms with Gasteiger partial charge in [-0.2, -0.15) is 0 Å². The number of halogens is 1. The standard InChI is InChI=1S/C20H23ClN2O2/c1-14-7-8-16(13-18(14)21)22-20(25)19(15-5-3-2-4-6-15)23-11-9-17(24)10-12-23/h2-8,13,17,19,24H,9-12H2,1H3,(H,22,25). The summed E-state index contributed by atoms with van der Waals surface area (Å²) in [4.78, 5) is 15.2. The number of benzene rings is 2. The molecule has 2 aromatic carbocycles. The van der Waals surface area contributed by atoms with Gasteiger partial charge in [-0.15, -0.1) is 0 Å². The normalized spacial score (nSPS) is 17.2. The molecule has 2 aromatic rings. The molecule has 132 valence electrons. The van der Waals surface area contributed by atoms with E-state index in [0.717, 1.165) is 11.1 Å². The summed E-state index contributed by atoms with van der Waals surface area (Å²) in [6, 6.07) is 14.9. The Morgan fingerprint density at radius 3 is 2.52 bits per heavy atom. The number of likely N-dealkylation sites (tertiary alicyclic amines) is 1. The van der Waals surface area contributed by atoms with E-state index in [1.165, 1.54) is 0 Å². The molecule has 4 nitrogen and oxygen atoms in total. The van der Waals surface area contributed by atoms with Gasteiger partial charge in [-0.3, -0.25) is 9.69 Å². The Kier molecular flexibility index (Phi) is 5.74. The van der Waals surface area contributed by atoms with Crippen molar-refractivity contribution in [2.45, 2.75) is 31.9 Å². The predicted molar refractivity (Wildman–Crippen MR) is 101 cm³/mol. The lowest BCUT2D eigenvalue weighted by atomic mass is 9.99. The van der Waals surface area contributed by atoms with E-state index < -0.39 is 0 Å². The van der Waals surface area contributed by atoms with Gasteiger partial charge in [0.15, 0.2) is 0 Å². The molecule has 0 bridgehead atoms. The number of rotatable bonds is 4. The minimum absolute atomic E-state index is 0.0810. The number of aryl methyl sites for hydroxylation is 1. The maximum absolute atomic E-state index is 13.0. The number of aliphatic hydroxyl groups is 1. The van der Waals surface area contributed by atoms with Crippen molar-refractivity contribution in [2.75, 3.05) is 18.4 Å². The molecular weight excluding hydrogens is 336 g/mol. The molecule has 0 radical (unpaired) electrons. The van der Waals surface area contributed by atoms with Crippen molar-refractivity contribution >= 4 is 23.2 Å². The lowest BCUT2D eigenvalue weighted by Gasteiger charge is -2.35. The van der Waals surface area contributed by atoms with Crippen LogP contribution < -0.4 is 5.32 Å². The van der Waals surface area contributed by atoms with Crippen LogP contribution in [0.2, 0.25) is 5.02 Å².